The van der Waals surface area contributed by atoms with E-state index in [2.05, 4.69) is 10.3 Å². The van der Waals surface area contributed by atoms with Gasteiger partial charge in [0.15, 0.2) is 0 Å². The van der Waals surface area contributed by atoms with E-state index in [0.717, 1.165) is 5.56 Å². The molecule has 2 rings (SSSR count). The first-order valence-electron chi connectivity index (χ1n) is 6.50. The number of methoxy groups -OCH3 is 1. The Hall–Kier alpha value is -2.96. The van der Waals surface area contributed by atoms with Crippen LogP contribution >= 0.6 is 0 Å². The van der Waals surface area contributed by atoms with Crippen molar-refractivity contribution in [3.8, 4) is 5.75 Å². The van der Waals surface area contributed by atoms with Crippen molar-refractivity contribution in [3.05, 3.63) is 57.4 Å². The predicted molar refractivity (Wildman–Crippen MR) is 81.3 cm³/mol. The summed E-state index contributed by atoms with van der Waals surface area (Å²) in [5, 5.41) is 13.6. The third kappa shape index (κ3) is 3.38. The molecule has 22 heavy (non-hydrogen) atoms. The summed E-state index contributed by atoms with van der Waals surface area (Å²) in [5.41, 5.74) is 1.66. The fourth-order valence-corrected chi connectivity index (χ4v) is 2.04. The molecule has 0 saturated carbocycles. The molecule has 0 bridgehead atoms. The normalized spacial score (nSPS) is 10.1. The number of hydrogen-bond acceptors (Lipinski definition) is 5. The molecule has 1 heterocycles. The van der Waals surface area contributed by atoms with Crippen molar-refractivity contribution in [2.45, 2.75) is 13.8 Å². The van der Waals surface area contributed by atoms with Gasteiger partial charge in [0.05, 0.1) is 18.1 Å². The lowest BCUT2D eigenvalue weighted by molar-refractivity contribution is -0.384. The number of nitro groups is 1. The molecule has 0 unspecified atom stereocenters. The SMILES string of the molecule is COc1ccc(NC(=O)c2cc(C)cc(C)n2)c([N+](=O)[O-])c1. The van der Waals surface area contributed by atoms with Crippen molar-refractivity contribution in [1.82, 2.24) is 4.98 Å². The zero-order chi connectivity index (χ0) is 16.3. The van der Waals surface area contributed by atoms with Crippen LogP contribution in [0.15, 0.2) is 30.3 Å². The second kappa shape index (κ2) is 6.21. The highest BCUT2D eigenvalue weighted by Gasteiger charge is 2.18. The van der Waals surface area contributed by atoms with Crippen molar-refractivity contribution in [1.29, 1.82) is 0 Å². The molecule has 7 heteroatoms. The van der Waals surface area contributed by atoms with Gasteiger partial charge in [-0.2, -0.15) is 0 Å². The smallest absolute Gasteiger partial charge is 0.296 e. The number of rotatable bonds is 4. The first-order chi connectivity index (χ1) is 10.4. The molecule has 114 valence electrons. The number of benzene rings is 1. The Morgan fingerprint density at radius 1 is 1.27 bits per heavy atom. The molecule has 1 amide bonds. The topological polar surface area (TPSA) is 94.4 Å². The summed E-state index contributed by atoms with van der Waals surface area (Å²) in [6, 6.07) is 7.68. The Morgan fingerprint density at radius 3 is 2.59 bits per heavy atom. The van der Waals surface area contributed by atoms with Crippen LogP contribution in [0.25, 0.3) is 0 Å². The van der Waals surface area contributed by atoms with Crippen molar-refractivity contribution in [3.63, 3.8) is 0 Å². The minimum absolute atomic E-state index is 0.0942. The van der Waals surface area contributed by atoms with E-state index in [9.17, 15) is 14.9 Å². The first-order valence-corrected chi connectivity index (χ1v) is 6.50. The molecule has 0 spiro atoms. The van der Waals surface area contributed by atoms with E-state index in [4.69, 9.17) is 4.74 Å². The van der Waals surface area contributed by atoms with E-state index >= 15 is 0 Å². The average molecular weight is 301 g/mol. The number of carbonyl (C=O) groups excluding carboxylic acids is 1. The maximum atomic E-state index is 12.2. The Labute approximate surface area is 127 Å². The lowest BCUT2D eigenvalue weighted by Gasteiger charge is -2.08. The number of carbonyl (C=O) groups is 1. The van der Waals surface area contributed by atoms with Crippen LogP contribution in [-0.2, 0) is 0 Å². The number of amides is 1. The molecule has 0 atom stereocenters. The number of aromatic nitrogens is 1. The summed E-state index contributed by atoms with van der Waals surface area (Å²) in [4.78, 5) is 26.9. The molecule has 0 radical (unpaired) electrons. The van der Waals surface area contributed by atoms with Gasteiger partial charge in [-0.05, 0) is 43.7 Å². The molecular formula is C15H15N3O4. The van der Waals surface area contributed by atoms with E-state index < -0.39 is 10.8 Å². The van der Waals surface area contributed by atoms with Crippen LogP contribution in [-0.4, -0.2) is 22.9 Å². The fraction of sp³-hybridized carbons (Fsp3) is 0.200. The molecule has 1 aromatic carbocycles. The predicted octanol–water partition coefficient (Wildman–Crippen LogP) is 2.87. The Balaban J connectivity index is 2.33. The van der Waals surface area contributed by atoms with Crippen LogP contribution in [0.4, 0.5) is 11.4 Å². The third-order valence-electron chi connectivity index (χ3n) is 2.98. The number of hydrogen-bond donors (Lipinski definition) is 1. The van der Waals surface area contributed by atoms with Gasteiger partial charge in [0.1, 0.15) is 17.1 Å². The number of nitro benzene ring substituents is 1. The Kier molecular flexibility index (Phi) is 4.36. The van der Waals surface area contributed by atoms with Crippen LogP contribution < -0.4 is 10.1 Å². The molecular weight excluding hydrogens is 286 g/mol. The van der Waals surface area contributed by atoms with Gasteiger partial charge in [-0.15, -0.1) is 0 Å². The van der Waals surface area contributed by atoms with Crippen molar-refractivity contribution < 1.29 is 14.5 Å². The van der Waals surface area contributed by atoms with E-state index in [1.807, 2.05) is 13.0 Å². The number of pyridine rings is 1. The summed E-state index contributed by atoms with van der Waals surface area (Å²) in [6.45, 7) is 3.63. The van der Waals surface area contributed by atoms with Gasteiger partial charge in [0.2, 0.25) is 0 Å². The summed E-state index contributed by atoms with van der Waals surface area (Å²) < 4.78 is 4.95. The molecule has 0 aliphatic carbocycles. The van der Waals surface area contributed by atoms with Gasteiger partial charge in [0.25, 0.3) is 11.6 Å². The minimum Gasteiger partial charge on any atom is -0.496 e. The van der Waals surface area contributed by atoms with E-state index in [0.29, 0.717) is 11.4 Å². The molecule has 7 nitrogen and oxygen atoms in total. The molecule has 1 aromatic heterocycles. The highest BCUT2D eigenvalue weighted by molar-refractivity contribution is 6.04. The number of aryl methyl sites for hydroxylation is 2. The first kappa shape index (κ1) is 15.4. The van der Waals surface area contributed by atoms with E-state index in [-0.39, 0.29) is 17.1 Å². The van der Waals surface area contributed by atoms with Crippen LogP contribution in [0.3, 0.4) is 0 Å². The van der Waals surface area contributed by atoms with Crippen LogP contribution in [0.2, 0.25) is 0 Å². The molecule has 0 aliphatic rings. The highest BCUT2D eigenvalue weighted by Crippen LogP contribution is 2.29. The van der Waals surface area contributed by atoms with Crippen LogP contribution in [0, 0.1) is 24.0 Å². The van der Waals surface area contributed by atoms with Gasteiger partial charge in [-0.25, -0.2) is 4.98 Å². The van der Waals surface area contributed by atoms with Crippen molar-refractivity contribution in [2.75, 3.05) is 12.4 Å². The number of nitrogens with zero attached hydrogens (tertiary/aromatic N) is 2. The van der Waals surface area contributed by atoms with Gasteiger partial charge in [0, 0.05) is 5.69 Å². The van der Waals surface area contributed by atoms with Gasteiger partial charge >= 0.3 is 0 Å². The summed E-state index contributed by atoms with van der Waals surface area (Å²) in [6.07, 6.45) is 0. The molecule has 0 fully saturated rings. The van der Waals surface area contributed by atoms with Crippen molar-refractivity contribution >= 4 is 17.3 Å². The lowest BCUT2D eigenvalue weighted by Crippen LogP contribution is -2.15. The van der Waals surface area contributed by atoms with Crippen LogP contribution in [0.5, 0.6) is 5.75 Å². The monoisotopic (exact) mass is 301 g/mol. The summed E-state index contributed by atoms with van der Waals surface area (Å²) >= 11 is 0. The quantitative estimate of drug-likeness (QED) is 0.692. The zero-order valence-electron chi connectivity index (χ0n) is 12.4. The van der Waals surface area contributed by atoms with E-state index in [1.165, 1.54) is 25.3 Å². The Bertz CT molecular complexity index is 723. The zero-order valence-corrected chi connectivity index (χ0v) is 12.4. The van der Waals surface area contributed by atoms with Crippen molar-refractivity contribution in [2.24, 2.45) is 0 Å². The molecule has 0 aliphatic heterocycles. The maximum absolute atomic E-state index is 12.2. The second-order valence-electron chi connectivity index (χ2n) is 4.77. The lowest BCUT2D eigenvalue weighted by atomic mass is 10.2. The second-order valence-corrected chi connectivity index (χ2v) is 4.77. The standard InChI is InChI=1S/C15H15N3O4/c1-9-6-10(2)16-13(7-9)15(19)17-12-5-4-11(22-3)8-14(12)18(20)21/h4-8H,1-3H3,(H,17,19). The number of anilines is 1. The van der Waals surface area contributed by atoms with E-state index in [1.54, 1.807) is 13.0 Å². The third-order valence-corrected chi connectivity index (χ3v) is 2.98. The minimum atomic E-state index is -0.576. The van der Waals surface area contributed by atoms with Gasteiger partial charge in [-0.1, -0.05) is 0 Å². The highest BCUT2D eigenvalue weighted by atomic mass is 16.6. The van der Waals surface area contributed by atoms with Gasteiger partial charge < -0.3 is 10.1 Å². The molecule has 1 N–H and O–H groups in total. The average Bonchev–Trinajstić information content (AvgIpc) is 2.46. The number of ether oxygens (including phenoxy) is 1. The van der Waals surface area contributed by atoms with Gasteiger partial charge in [-0.3, -0.25) is 14.9 Å². The number of nitrogens with one attached hydrogen (secondary N) is 1. The Morgan fingerprint density at radius 2 is 2.00 bits per heavy atom. The van der Waals surface area contributed by atoms with Crippen LogP contribution in [0.1, 0.15) is 21.7 Å². The largest absolute Gasteiger partial charge is 0.496 e. The fourth-order valence-electron chi connectivity index (χ4n) is 2.04. The maximum Gasteiger partial charge on any atom is 0.296 e. The molecule has 2 aromatic rings. The summed E-state index contributed by atoms with van der Waals surface area (Å²) in [5.74, 6) is -0.158. The molecule has 0 saturated heterocycles. The summed E-state index contributed by atoms with van der Waals surface area (Å²) in [7, 11) is 1.41.